The Morgan fingerprint density at radius 2 is 2.21 bits per heavy atom. The molecule has 1 aliphatic rings. The minimum Gasteiger partial charge on any atom is -0.331 e. The standard InChI is InChI=1S/C15H14BrClF2N4O/c16-11-1-2-12(17)10-8-22(5-3-9(10)11)15(24)21-7-13-20-4-6-23(13)14(18)19/h1-2,4,6,14H,3,5,7-8H2,(H,21,24). The zero-order chi connectivity index (χ0) is 17.3. The molecule has 1 aromatic carbocycles. The van der Waals surface area contributed by atoms with Gasteiger partial charge in [-0.2, -0.15) is 8.78 Å². The van der Waals surface area contributed by atoms with Crippen LogP contribution in [0.1, 0.15) is 23.5 Å². The molecular weight excluding hydrogens is 406 g/mol. The average molecular weight is 420 g/mol. The van der Waals surface area contributed by atoms with Gasteiger partial charge < -0.3 is 10.2 Å². The van der Waals surface area contributed by atoms with Crippen molar-refractivity contribution in [2.45, 2.75) is 26.1 Å². The summed E-state index contributed by atoms with van der Waals surface area (Å²) in [5.41, 5.74) is 2.00. The number of alkyl halides is 2. The van der Waals surface area contributed by atoms with Crippen LogP contribution in [0.25, 0.3) is 0 Å². The number of nitrogens with zero attached hydrogens (tertiary/aromatic N) is 3. The summed E-state index contributed by atoms with van der Waals surface area (Å²) in [6.45, 7) is -1.84. The highest BCUT2D eigenvalue weighted by Gasteiger charge is 2.24. The molecule has 0 bridgehead atoms. The highest BCUT2D eigenvalue weighted by atomic mass is 79.9. The maximum absolute atomic E-state index is 12.8. The van der Waals surface area contributed by atoms with Gasteiger partial charge in [0.1, 0.15) is 5.82 Å². The lowest BCUT2D eigenvalue weighted by Crippen LogP contribution is -2.43. The van der Waals surface area contributed by atoms with Crippen molar-refractivity contribution in [1.82, 2.24) is 19.8 Å². The topological polar surface area (TPSA) is 50.2 Å². The normalized spacial score (nSPS) is 14.0. The van der Waals surface area contributed by atoms with Gasteiger partial charge in [-0.05, 0) is 29.7 Å². The molecule has 1 aromatic heterocycles. The van der Waals surface area contributed by atoms with E-state index in [1.54, 1.807) is 11.0 Å². The smallest absolute Gasteiger partial charge is 0.319 e. The fourth-order valence-corrected chi connectivity index (χ4v) is 3.50. The molecule has 0 radical (unpaired) electrons. The molecule has 2 aromatic rings. The number of hydrogen-bond donors (Lipinski definition) is 1. The van der Waals surface area contributed by atoms with Gasteiger partial charge in [0.2, 0.25) is 0 Å². The maximum atomic E-state index is 12.8. The number of imidazole rings is 1. The molecule has 9 heteroatoms. The van der Waals surface area contributed by atoms with Crippen LogP contribution in [0.2, 0.25) is 5.02 Å². The van der Waals surface area contributed by atoms with Gasteiger partial charge in [-0.15, -0.1) is 0 Å². The summed E-state index contributed by atoms with van der Waals surface area (Å²) in [5.74, 6) is 0.108. The van der Waals surface area contributed by atoms with Crippen LogP contribution < -0.4 is 5.32 Å². The van der Waals surface area contributed by atoms with Crippen LogP contribution in [-0.2, 0) is 19.5 Å². The molecule has 0 spiro atoms. The maximum Gasteiger partial charge on any atom is 0.319 e. The number of nitrogens with one attached hydrogen (secondary N) is 1. The summed E-state index contributed by atoms with van der Waals surface area (Å²) >= 11 is 9.71. The van der Waals surface area contributed by atoms with Crippen LogP contribution >= 0.6 is 27.5 Å². The third-order valence-corrected chi connectivity index (χ3v) is 5.04. The minimum absolute atomic E-state index is 0.0637. The quantitative estimate of drug-likeness (QED) is 0.819. The number of urea groups is 1. The van der Waals surface area contributed by atoms with Gasteiger partial charge >= 0.3 is 12.6 Å². The number of hydrogen-bond acceptors (Lipinski definition) is 2. The molecule has 2 amide bonds. The Morgan fingerprint density at radius 3 is 2.96 bits per heavy atom. The van der Waals surface area contributed by atoms with Crippen LogP contribution in [-0.4, -0.2) is 27.0 Å². The first-order valence-electron chi connectivity index (χ1n) is 7.25. The first-order valence-corrected chi connectivity index (χ1v) is 8.43. The summed E-state index contributed by atoms with van der Waals surface area (Å²) < 4.78 is 27.2. The fourth-order valence-electron chi connectivity index (χ4n) is 2.69. The second kappa shape index (κ2) is 7.06. The Hall–Kier alpha value is -1.67. The van der Waals surface area contributed by atoms with Crippen molar-refractivity contribution in [3.63, 3.8) is 0 Å². The van der Waals surface area contributed by atoms with E-state index in [1.165, 1.54) is 12.4 Å². The van der Waals surface area contributed by atoms with E-state index < -0.39 is 6.55 Å². The number of halogens is 4. The molecule has 0 saturated heterocycles. The SMILES string of the molecule is O=C(NCc1nccn1C(F)F)N1CCc2c(Br)ccc(Cl)c2C1. The number of aromatic nitrogens is 2. The van der Waals surface area contributed by atoms with Gasteiger partial charge in [-0.1, -0.05) is 27.5 Å². The lowest BCUT2D eigenvalue weighted by molar-refractivity contribution is 0.0666. The Bertz CT molecular complexity index is 768. The molecule has 24 heavy (non-hydrogen) atoms. The molecule has 0 saturated carbocycles. The molecule has 0 fully saturated rings. The molecule has 1 aliphatic heterocycles. The van der Waals surface area contributed by atoms with Crippen molar-refractivity contribution in [2.75, 3.05) is 6.54 Å². The van der Waals surface area contributed by atoms with E-state index in [2.05, 4.69) is 26.2 Å². The van der Waals surface area contributed by atoms with Crippen LogP contribution in [0.5, 0.6) is 0 Å². The van der Waals surface area contributed by atoms with E-state index in [1.807, 2.05) is 6.07 Å². The lowest BCUT2D eigenvalue weighted by Gasteiger charge is -2.30. The molecular formula is C15H14BrClF2N4O. The van der Waals surface area contributed by atoms with Crippen LogP contribution in [0, 0.1) is 0 Å². The molecule has 0 atom stereocenters. The Kier molecular flexibility index (Phi) is 5.05. The Labute approximate surface area is 150 Å². The van der Waals surface area contributed by atoms with Gasteiger partial charge in [0.05, 0.1) is 6.54 Å². The molecule has 3 rings (SSSR count). The number of fused-ring (bicyclic) bond motifs is 1. The van der Waals surface area contributed by atoms with E-state index in [0.29, 0.717) is 24.5 Å². The number of carbonyl (C=O) groups is 1. The summed E-state index contributed by atoms with van der Waals surface area (Å²) in [6, 6.07) is 3.34. The summed E-state index contributed by atoms with van der Waals surface area (Å²) in [4.78, 5) is 17.8. The molecule has 0 aliphatic carbocycles. The van der Waals surface area contributed by atoms with Gasteiger partial charge in [0, 0.05) is 35.0 Å². The lowest BCUT2D eigenvalue weighted by atomic mass is 10.00. The summed E-state index contributed by atoms with van der Waals surface area (Å²) in [7, 11) is 0. The van der Waals surface area contributed by atoms with E-state index in [0.717, 1.165) is 20.2 Å². The zero-order valence-electron chi connectivity index (χ0n) is 12.5. The second-order valence-electron chi connectivity index (χ2n) is 5.34. The van der Waals surface area contributed by atoms with Crippen LogP contribution in [0.4, 0.5) is 13.6 Å². The van der Waals surface area contributed by atoms with Crippen LogP contribution in [0.15, 0.2) is 29.0 Å². The first-order chi connectivity index (χ1) is 11.5. The second-order valence-corrected chi connectivity index (χ2v) is 6.61. The molecule has 0 unspecified atom stereocenters. The predicted molar refractivity (Wildman–Crippen MR) is 89.0 cm³/mol. The monoisotopic (exact) mass is 418 g/mol. The highest BCUT2D eigenvalue weighted by molar-refractivity contribution is 9.10. The van der Waals surface area contributed by atoms with E-state index in [4.69, 9.17) is 11.6 Å². The van der Waals surface area contributed by atoms with E-state index in [9.17, 15) is 13.6 Å². The molecule has 2 heterocycles. The van der Waals surface area contributed by atoms with Crippen molar-refractivity contribution >= 4 is 33.6 Å². The van der Waals surface area contributed by atoms with Gasteiger partial charge in [-0.25, -0.2) is 9.78 Å². The number of rotatable bonds is 3. The average Bonchev–Trinajstić information content (AvgIpc) is 3.04. The van der Waals surface area contributed by atoms with Crippen LogP contribution in [0.3, 0.4) is 0 Å². The third kappa shape index (κ3) is 3.39. The fraction of sp³-hybridized carbons (Fsp3) is 0.333. The Morgan fingerprint density at radius 1 is 1.42 bits per heavy atom. The van der Waals surface area contributed by atoms with Crippen molar-refractivity contribution in [1.29, 1.82) is 0 Å². The number of benzene rings is 1. The summed E-state index contributed by atoms with van der Waals surface area (Å²) in [6.07, 6.45) is 3.14. The third-order valence-electron chi connectivity index (χ3n) is 3.94. The number of amides is 2. The predicted octanol–water partition coefficient (Wildman–Crippen LogP) is 3.96. The highest BCUT2D eigenvalue weighted by Crippen LogP contribution is 2.31. The summed E-state index contributed by atoms with van der Waals surface area (Å²) in [5, 5.41) is 3.24. The van der Waals surface area contributed by atoms with Crippen molar-refractivity contribution < 1.29 is 13.6 Å². The van der Waals surface area contributed by atoms with Crippen molar-refractivity contribution in [3.05, 3.63) is 51.0 Å². The minimum atomic E-state index is -2.68. The van der Waals surface area contributed by atoms with E-state index in [-0.39, 0.29) is 18.4 Å². The van der Waals surface area contributed by atoms with Gasteiger partial charge in [-0.3, -0.25) is 4.57 Å². The first kappa shape index (κ1) is 17.2. The van der Waals surface area contributed by atoms with Crippen molar-refractivity contribution in [3.8, 4) is 0 Å². The molecule has 1 N–H and O–H groups in total. The Balaban J connectivity index is 1.66. The van der Waals surface area contributed by atoms with Gasteiger partial charge in [0.15, 0.2) is 0 Å². The van der Waals surface area contributed by atoms with E-state index >= 15 is 0 Å². The van der Waals surface area contributed by atoms with Crippen molar-refractivity contribution in [2.24, 2.45) is 0 Å². The largest absolute Gasteiger partial charge is 0.331 e. The van der Waals surface area contributed by atoms with Gasteiger partial charge in [0.25, 0.3) is 0 Å². The zero-order valence-corrected chi connectivity index (χ0v) is 14.8. The number of carbonyl (C=O) groups excluding carboxylic acids is 1. The molecule has 128 valence electrons. The molecule has 5 nitrogen and oxygen atoms in total.